The second-order valence-electron chi connectivity index (χ2n) is 8.21. The van der Waals surface area contributed by atoms with Crippen LogP contribution in [0.4, 0.5) is 5.13 Å². The fourth-order valence-electron chi connectivity index (χ4n) is 4.08. The minimum Gasteiger partial charge on any atom is -0.379 e. The van der Waals surface area contributed by atoms with Crippen LogP contribution in [0.15, 0.2) is 30.3 Å². The van der Waals surface area contributed by atoms with Gasteiger partial charge in [-0.1, -0.05) is 34.6 Å². The second-order valence-corrected chi connectivity index (χ2v) is 9.19. The Kier molecular flexibility index (Phi) is 6.18. The van der Waals surface area contributed by atoms with Crippen molar-refractivity contribution in [2.75, 3.05) is 44.3 Å². The number of morpholine rings is 1. The van der Waals surface area contributed by atoms with E-state index in [2.05, 4.69) is 36.9 Å². The number of anilines is 1. The molecule has 1 amide bonds. The van der Waals surface area contributed by atoms with E-state index in [9.17, 15) is 4.79 Å². The molecule has 0 atom stereocenters. The van der Waals surface area contributed by atoms with Gasteiger partial charge in [0.25, 0.3) is 5.91 Å². The summed E-state index contributed by atoms with van der Waals surface area (Å²) in [4.78, 5) is 22.7. The Morgan fingerprint density at radius 2 is 1.70 bits per heavy atom. The van der Waals surface area contributed by atoms with E-state index in [1.807, 2.05) is 30.9 Å². The average Bonchev–Trinajstić information content (AvgIpc) is 3.12. The van der Waals surface area contributed by atoms with Gasteiger partial charge in [-0.25, -0.2) is 4.98 Å². The van der Waals surface area contributed by atoms with E-state index in [0.29, 0.717) is 6.54 Å². The molecular formula is C24H29N3O2S. The van der Waals surface area contributed by atoms with Crippen LogP contribution in [0.2, 0.25) is 0 Å². The topological polar surface area (TPSA) is 45.7 Å². The van der Waals surface area contributed by atoms with Gasteiger partial charge in [0.15, 0.2) is 5.13 Å². The lowest BCUT2D eigenvalue weighted by molar-refractivity contribution is 0.0391. The zero-order valence-corrected chi connectivity index (χ0v) is 19.0. The Morgan fingerprint density at radius 3 is 2.40 bits per heavy atom. The van der Waals surface area contributed by atoms with E-state index in [4.69, 9.17) is 9.72 Å². The van der Waals surface area contributed by atoms with Crippen LogP contribution in [-0.2, 0) is 4.74 Å². The number of benzene rings is 2. The highest BCUT2D eigenvalue weighted by atomic mass is 32.1. The number of hydrogen-bond acceptors (Lipinski definition) is 5. The van der Waals surface area contributed by atoms with Crippen molar-refractivity contribution in [1.82, 2.24) is 9.88 Å². The van der Waals surface area contributed by atoms with E-state index in [0.717, 1.165) is 64.9 Å². The van der Waals surface area contributed by atoms with E-state index in [-0.39, 0.29) is 5.91 Å². The van der Waals surface area contributed by atoms with Gasteiger partial charge in [-0.05, 0) is 57.0 Å². The van der Waals surface area contributed by atoms with Crippen LogP contribution in [0.5, 0.6) is 0 Å². The molecule has 0 aliphatic carbocycles. The summed E-state index contributed by atoms with van der Waals surface area (Å²) in [6, 6.07) is 10.3. The Labute approximate surface area is 182 Å². The lowest BCUT2D eigenvalue weighted by Crippen LogP contribution is -2.43. The quantitative estimate of drug-likeness (QED) is 0.606. The zero-order valence-electron chi connectivity index (χ0n) is 18.2. The number of rotatable bonds is 5. The summed E-state index contributed by atoms with van der Waals surface area (Å²) in [5.41, 5.74) is 6.29. The summed E-state index contributed by atoms with van der Waals surface area (Å²) in [6.07, 6.45) is 0. The molecule has 3 aromatic rings. The maximum Gasteiger partial charge on any atom is 0.260 e. The number of aromatic nitrogens is 1. The predicted octanol–water partition coefficient (Wildman–Crippen LogP) is 4.51. The van der Waals surface area contributed by atoms with Crippen LogP contribution in [0, 0.1) is 27.7 Å². The number of nitrogens with zero attached hydrogens (tertiary/aromatic N) is 3. The van der Waals surface area contributed by atoms with Gasteiger partial charge in [-0.2, -0.15) is 0 Å². The van der Waals surface area contributed by atoms with Crippen molar-refractivity contribution in [3.63, 3.8) is 0 Å². The van der Waals surface area contributed by atoms with Gasteiger partial charge in [0, 0.05) is 31.7 Å². The maximum absolute atomic E-state index is 13.6. The number of aryl methyl sites for hydroxylation is 4. The number of ether oxygens (including phenoxy) is 1. The average molecular weight is 424 g/mol. The molecular weight excluding hydrogens is 394 g/mol. The maximum atomic E-state index is 13.6. The van der Waals surface area contributed by atoms with Crippen molar-refractivity contribution in [2.24, 2.45) is 0 Å². The van der Waals surface area contributed by atoms with Crippen LogP contribution < -0.4 is 4.90 Å². The minimum atomic E-state index is 0.0171. The molecule has 1 saturated heterocycles. The first kappa shape index (κ1) is 21.0. The second kappa shape index (κ2) is 8.84. The number of fused-ring (bicyclic) bond motifs is 1. The van der Waals surface area contributed by atoms with Crippen LogP contribution in [0.3, 0.4) is 0 Å². The molecule has 30 heavy (non-hydrogen) atoms. The number of amides is 1. The van der Waals surface area contributed by atoms with Crippen LogP contribution in [-0.4, -0.2) is 55.2 Å². The summed E-state index contributed by atoms with van der Waals surface area (Å²) >= 11 is 1.61. The lowest BCUT2D eigenvalue weighted by Gasteiger charge is -2.29. The van der Waals surface area contributed by atoms with Crippen molar-refractivity contribution >= 4 is 32.6 Å². The van der Waals surface area contributed by atoms with E-state index >= 15 is 0 Å². The molecule has 6 heteroatoms. The van der Waals surface area contributed by atoms with Crippen LogP contribution in [0.25, 0.3) is 10.2 Å². The molecule has 0 saturated carbocycles. The summed E-state index contributed by atoms with van der Waals surface area (Å²) in [5, 5.41) is 0.774. The minimum absolute atomic E-state index is 0.0171. The fourth-order valence-corrected chi connectivity index (χ4v) is 5.12. The summed E-state index contributed by atoms with van der Waals surface area (Å²) in [5.74, 6) is 0.0171. The largest absolute Gasteiger partial charge is 0.379 e. The molecule has 0 spiro atoms. The van der Waals surface area contributed by atoms with Crippen molar-refractivity contribution in [1.29, 1.82) is 0 Å². The molecule has 0 radical (unpaired) electrons. The summed E-state index contributed by atoms with van der Waals surface area (Å²) in [7, 11) is 0. The lowest BCUT2D eigenvalue weighted by atomic mass is 10.1. The molecule has 4 rings (SSSR count). The van der Waals surface area contributed by atoms with Crippen molar-refractivity contribution in [2.45, 2.75) is 27.7 Å². The van der Waals surface area contributed by atoms with Crippen molar-refractivity contribution in [3.8, 4) is 0 Å². The molecule has 1 aliphatic rings. The third kappa shape index (κ3) is 4.56. The Bertz CT molecular complexity index is 1050. The van der Waals surface area contributed by atoms with Crippen molar-refractivity contribution < 1.29 is 9.53 Å². The highest BCUT2D eigenvalue weighted by molar-refractivity contribution is 7.22. The number of hydrogen-bond donors (Lipinski definition) is 0. The first-order valence-electron chi connectivity index (χ1n) is 10.5. The Morgan fingerprint density at radius 1 is 1.03 bits per heavy atom. The third-order valence-electron chi connectivity index (χ3n) is 5.50. The first-order chi connectivity index (χ1) is 14.4. The Hall–Kier alpha value is -2.28. The van der Waals surface area contributed by atoms with Gasteiger partial charge >= 0.3 is 0 Å². The monoisotopic (exact) mass is 423 g/mol. The number of thiazole rings is 1. The highest BCUT2D eigenvalue weighted by Crippen LogP contribution is 2.33. The molecule has 2 aromatic carbocycles. The highest BCUT2D eigenvalue weighted by Gasteiger charge is 2.23. The third-order valence-corrected chi connectivity index (χ3v) is 6.73. The number of carbonyl (C=O) groups is 1. The molecule has 0 unspecified atom stereocenters. The van der Waals surface area contributed by atoms with Crippen molar-refractivity contribution in [3.05, 3.63) is 58.1 Å². The SMILES string of the molecule is Cc1cc(C)cc(C(=O)N(CCN2CCOCC2)c2nc3cc(C)cc(C)c3s2)c1. The normalized spacial score (nSPS) is 14.9. The number of carbonyl (C=O) groups excluding carboxylic acids is 1. The van der Waals surface area contributed by atoms with Gasteiger partial charge in [-0.3, -0.25) is 14.6 Å². The van der Waals surface area contributed by atoms with Gasteiger partial charge < -0.3 is 4.74 Å². The van der Waals surface area contributed by atoms with Gasteiger partial charge in [-0.15, -0.1) is 0 Å². The van der Waals surface area contributed by atoms with Gasteiger partial charge in [0.05, 0.1) is 23.4 Å². The smallest absolute Gasteiger partial charge is 0.260 e. The predicted molar refractivity (Wildman–Crippen MR) is 124 cm³/mol. The van der Waals surface area contributed by atoms with Crippen LogP contribution >= 0.6 is 11.3 Å². The van der Waals surface area contributed by atoms with Crippen LogP contribution in [0.1, 0.15) is 32.6 Å². The molecule has 5 nitrogen and oxygen atoms in total. The fraction of sp³-hybridized carbons (Fsp3) is 0.417. The van der Waals surface area contributed by atoms with Gasteiger partial charge in [0.1, 0.15) is 0 Å². The standard InChI is InChI=1S/C24H29N3O2S/c1-16-11-17(2)14-20(13-16)23(28)27(6-5-26-7-9-29-10-8-26)24-25-21-15-18(3)12-19(4)22(21)30-24/h11-15H,5-10H2,1-4H3. The molecule has 1 aromatic heterocycles. The molecule has 158 valence electrons. The van der Waals surface area contributed by atoms with E-state index in [1.54, 1.807) is 11.3 Å². The molecule has 1 fully saturated rings. The summed E-state index contributed by atoms with van der Waals surface area (Å²) in [6.45, 7) is 13.0. The first-order valence-corrected chi connectivity index (χ1v) is 11.3. The summed E-state index contributed by atoms with van der Waals surface area (Å²) < 4.78 is 6.62. The molecule has 1 aliphatic heterocycles. The van der Waals surface area contributed by atoms with E-state index in [1.165, 1.54) is 11.1 Å². The Balaban J connectivity index is 1.69. The molecule has 2 heterocycles. The molecule has 0 N–H and O–H groups in total. The zero-order chi connectivity index (χ0) is 21.3. The molecule has 0 bridgehead atoms. The van der Waals surface area contributed by atoms with E-state index < -0.39 is 0 Å². The van der Waals surface area contributed by atoms with Gasteiger partial charge in [0.2, 0.25) is 0 Å².